The number of carbonyl (C=O) groups is 2. The fourth-order valence-corrected chi connectivity index (χ4v) is 2.35. The first-order valence-electron chi connectivity index (χ1n) is 4.64. The van der Waals surface area contributed by atoms with E-state index in [1.54, 1.807) is 12.1 Å². The van der Waals surface area contributed by atoms with Gasteiger partial charge in [-0.2, -0.15) is 0 Å². The standard InChI is InChI=1S/C11H8BrClO3/c1-16-11(15)7-2-5-3-9(13)8(12)4-6(5)10(7)14/h3-4,7H,2H2,1H3. The molecule has 1 atom stereocenters. The summed E-state index contributed by atoms with van der Waals surface area (Å²) in [5, 5.41) is 0.539. The molecule has 0 saturated heterocycles. The Morgan fingerprint density at radius 2 is 2.25 bits per heavy atom. The van der Waals surface area contributed by atoms with Gasteiger partial charge in [0.25, 0.3) is 0 Å². The molecule has 0 N–H and O–H groups in total. The SMILES string of the molecule is COC(=O)C1Cc2cc(Cl)c(Br)cc2C1=O. The lowest BCUT2D eigenvalue weighted by atomic mass is 10.1. The van der Waals surface area contributed by atoms with E-state index < -0.39 is 11.9 Å². The molecule has 1 unspecified atom stereocenters. The predicted octanol–water partition coefficient (Wildman–Crippen LogP) is 2.63. The van der Waals surface area contributed by atoms with Crippen LogP contribution in [0.3, 0.4) is 0 Å². The first kappa shape index (κ1) is 11.6. The first-order chi connectivity index (χ1) is 7.54. The Kier molecular flexibility index (Phi) is 3.04. The van der Waals surface area contributed by atoms with Gasteiger partial charge in [-0.3, -0.25) is 9.59 Å². The molecule has 0 spiro atoms. The maximum atomic E-state index is 11.9. The molecule has 84 valence electrons. The van der Waals surface area contributed by atoms with Gasteiger partial charge in [-0.25, -0.2) is 0 Å². The molecule has 0 heterocycles. The Labute approximate surface area is 106 Å². The highest BCUT2D eigenvalue weighted by molar-refractivity contribution is 9.10. The third-order valence-corrected chi connectivity index (χ3v) is 3.83. The molecule has 1 aromatic carbocycles. The summed E-state index contributed by atoms with van der Waals surface area (Å²) in [6, 6.07) is 3.37. The van der Waals surface area contributed by atoms with Gasteiger partial charge >= 0.3 is 5.97 Å². The summed E-state index contributed by atoms with van der Waals surface area (Å²) in [5.74, 6) is -1.40. The molecule has 0 fully saturated rings. The minimum absolute atomic E-state index is 0.195. The number of halogens is 2. The van der Waals surface area contributed by atoms with Gasteiger partial charge in [0, 0.05) is 10.0 Å². The second kappa shape index (κ2) is 4.18. The van der Waals surface area contributed by atoms with E-state index in [9.17, 15) is 9.59 Å². The summed E-state index contributed by atoms with van der Waals surface area (Å²) >= 11 is 9.18. The van der Waals surface area contributed by atoms with Gasteiger partial charge in [-0.05, 0) is 40.0 Å². The number of esters is 1. The first-order valence-corrected chi connectivity index (χ1v) is 5.81. The summed E-state index contributed by atoms with van der Waals surface area (Å²) < 4.78 is 5.25. The van der Waals surface area contributed by atoms with Crippen molar-refractivity contribution in [1.82, 2.24) is 0 Å². The summed E-state index contributed by atoms with van der Waals surface area (Å²) in [5.41, 5.74) is 1.35. The number of Topliss-reactive ketones (excluding diaryl/α,β-unsaturated/α-hetero) is 1. The average Bonchev–Trinajstić information content (AvgIpc) is 2.56. The smallest absolute Gasteiger partial charge is 0.316 e. The van der Waals surface area contributed by atoms with Crippen LogP contribution in [0.2, 0.25) is 5.02 Å². The second-order valence-corrected chi connectivity index (χ2v) is 4.83. The number of methoxy groups -OCH3 is 1. The van der Waals surface area contributed by atoms with Crippen LogP contribution in [0.25, 0.3) is 0 Å². The Morgan fingerprint density at radius 1 is 1.56 bits per heavy atom. The van der Waals surface area contributed by atoms with Crippen molar-refractivity contribution >= 4 is 39.3 Å². The van der Waals surface area contributed by atoms with Crippen LogP contribution in [-0.2, 0) is 16.0 Å². The van der Waals surface area contributed by atoms with Crippen molar-refractivity contribution in [3.05, 3.63) is 32.8 Å². The van der Waals surface area contributed by atoms with Crippen LogP contribution >= 0.6 is 27.5 Å². The topological polar surface area (TPSA) is 43.4 Å². The van der Waals surface area contributed by atoms with Crippen LogP contribution in [-0.4, -0.2) is 18.9 Å². The van der Waals surface area contributed by atoms with Crippen molar-refractivity contribution in [2.75, 3.05) is 7.11 Å². The van der Waals surface area contributed by atoms with Gasteiger partial charge in [0.2, 0.25) is 0 Å². The number of fused-ring (bicyclic) bond motifs is 1. The minimum atomic E-state index is -0.717. The van der Waals surface area contributed by atoms with Crippen LogP contribution < -0.4 is 0 Å². The quantitative estimate of drug-likeness (QED) is 0.592. The van der Waals surface area contributed by atoms with E-state index in [0.717, 1.165) is 5.56 Å². The summed E-state index contributed by atoms with van der Waals surface area (Å²) in [6.07, 6.45) is 0.369. The highest BCUT2D eigenvalue weighted by Gasteiger charge is 2.37. The molecule has 1 aliphatic carbocycles. The maximum Gasteiger partial charge on any atom is 0.316 e. The monoisotopic (exact) mass is 302 g/mol. The van der Waals surface area contributed by atoms with Crippen LogP contribution in [0.4, 0.5) is 0 Å². The predicted molar refractivity (Wildman–Crippen MR) is 62.7 cm³/mol. The largest absolute Gasteiger partial charge is 0.468 e. The van der Waals surface area contributed by atoms with Crippen molar-refractivity contribution in [1.29, 1.82) is 0 Å². The number of ketones is 1. The van der Waals surface area contributed by atoms with Crippen molar-refractivity contribution in [3.63, 3.8) is 0 Å². The molecule has 0 radical (unpaired) electrons. The van der Waals surface area contributed by atoms with Crippen molar-refractivity contribution in [2.24, 2.45) is 5.92 Å². The molecule has 0 bridgehead atoms. The van der Waals surface area contributed by atoms with Crippen LogP contribution in [0.1, 0.15) is 15.9 Å². The molecule has 2 rings (SSSR count). The third-order valence-electron chi connectivity index (χ3n) is 2.64. The molecule has 16 heavy (non-hydrogen) atoms. The number of ether oxygens (including phenoxy) is 1. The summed E-state index contributed by atoms with van der Waals surface area (Å²) in [6.45, 7) is 0. The van der Waals surface area contributed by atoms with E-state index in [1.165, 1.54) is 7.11 Å². The lowest BCUT2D eigenvalue weighted by Crippen LogP contribution is -2.21. The molecule has 0 aromatic heterocycles. The zero-order valence-corrected chi connectivity index (χ0v) is 10.8. The van der Waals surface area contributed by atoms with Crippen LogP contribution in [0, 0.1) is 5.92 Å². The Hall–Kier alpha value is -0.870. The van der Waals surface area contributed by atoms with Gasteiger partial charge in [-0.1, -0.05) is 11.6 Å². The lowest BCUT2D eigenvalue weighted by Gasteiger charge is -2.03. The molecular weight excluding hydrogens is 295 g/mol. The zero-order chi connectivity index (χ0) is 11.9. The molecule has 5 heteroatoms. The van der Waals surface area contributed by atoms with E-state index in [1.807, 2.05) is 0 Å². The second-order valence-electron chi connectivity index (χ2n) is 3.57. The van der Waals surface area contributed by atoms with Gasteiger partial charge < -0.3 is 4.74 Å². The summed E-state index contributed by atoms with van der Waals surface area (Å²) in [7, 11) is 1.28. The Morgan fingerprint density at radius 3 is 2.88 bits per heavy atom. The number of carbonyl (C=O) groups excluding carboxylic acids is 2. The lowest BCUT2D eigenvalue weighted by molar-refractivity contribution is -0.143. The highest BCUT2D eigenvalue weighted by atomic mass is 79.9. The van der Waals surface area contributed by atoms with E-state index in [-0.39, 0.29) is 5.78 Å². The van der Waals surface area contributed by atoms with Gasteiger partial charge in [0.15, 0.2) is 5.78 Å². The van der Waals surface area contributed by atoms with Crippen molar-refractivity contribution in [3.8, 4) is 0 Å². The normalized spacial score (nSPS) is 18.4. The van der Waals surface area contributed by atoms with E-state index in [4.69, 9.17) is 11.6 Å². The van der Waals surface area contributed by atoms with Crippen LogP contribution in [0.15, 0.2) is 16.6 Å². The Balaban J connectivity index is 2.42. The highest BCUT2D eigenvalue weighted by Crippen LogP contribution is 2.34. The van der Waals surface area contributed by atoms with Gasteiger partial charge in [0.1, 0.15) is 5.92 Å². The molecule has 0 aliphatic heterocycles. The molecule has 1 aromatic rings. The number of rotatable bonds is 1. The summed E-state index contributed by atoms with van der Waals surface area (Å²) in [4.78, 5) is 23.3. The van der Waals surface area contributed by atoms with E-state index >= 15 is 0 Å². The minimum Gasteiger partial charge on any atom is -0.468 e. The van der Waals surface area contributed by atoms with E-state index in [2.05, 4.69) is 20.7 Å². The van der Waals surface area contributed by atoms with Crippen molar-refractivity contribution < 1.29 is 14.3 Å². The fraction of sp³-hybridized carbons (Fsp3) is 0.273. The number of benzene rings is 1. The maximum absolute atomic E-state index is 11.9. The molecule has 0 saturated carbocycles. The third kappa shape index (κ3) is 1.76. The molecule has 3 nitrogen and oxygen atoms in total. The van der Waals surface area contributed by atoms with Crippen molar-refractivity contribution in [2.45, 2.75) is 6.42 Å². The van der Waals surface area contributed by atoms with E-state index in [0.29, 0.717) is 21.5 Å². The molecule has 0 amide bonds. The van der Waals surface area contributed by atoms with Crippen LogP contribution in [0.5, 0.6) is 0 Å². The zero-order valence-electron chi connectivity index (χ0n) is 8.42. The number of hydrogen-bond donors (Lipinski definition) is 0. The molecule has 1 aliphatic rings. The van der Waals surface area contributed by atoms with Gasteiger partial charge in [-0.15, -0.1) is 0 Å². The number of hydrogen-bond acceptors (Lipinski definition) is 3. The Bertz CT molecular complexity index is 484. The fourth-order valence-electron chi connectivity index (χ4n) is 1.82. The van der Waals surface area contributed by atoms with Gasteiger partial charge in [0.05, 0.1) is 12.1 Å². The average molecular weight is 304 g/mol. The molecular formula is C11H8BrClO3.